The summed E-state index contributed by atoms with van der Waals surface area (Å²) in [6, 6.07) is 77.5. The van der Waals surface area contributed by atoms with Crippen LogP contribution in [-0.2, 0) is 25.7 Å². The second-order valence-corrected chi connectivity index (χ2v) is 17.4. The Morgan fingerprint density at radius 2 is 0.516 bits per heavy atom. The molecule has 0 aromatic heterocycles. The number of hydrogen-bond donors (Lipinski definition) is 0. The van der Waals surface area contributed by atoms with Crippen molar-refractivity contribution >= 4 is 86.2 Å². The fourth-order valence-electron chi connectivity index (χ4n) is 11.4. The first-order valence-corrected chi connectivity index (χ1v) is 22.1. The molecule has 0 spiro atoms. The molecule has 290 valence electrons. The Balaban J connectivity index is 1.18. The fraction of sp³-hybridized carbons (Fsp3) is 0.0645. The Morgan fingerprint density at radius 1 is 0.194 bits per heavy atom. The topological polar surface area (TPSA) is 0 Å². The molecule has 0 amide bonds. The molecule has 0 aliphatic heterocycles. The Kier molecular flexibility index (Phi) is 7.97. The van der Waals surface area contributed by atoms with Crippen molar-refractivity contribution in [3.63, 3.8) is 0 Å². The van der Waals surface area contributed by atoms with Crippen LogP contribution >= 0.6 is 0 Å². The van der Waals surface area contributed by atoms with Gasteiger partial charge in [0.05, 0.1) is 0 Å². The van der Waals surface area contributed by atoms with Crippen molar-refractivity contribution in [3.05, 3.63) is 251 Å². The van der Waals surface area contributed by atoms with Crippen LogP contribution in [0, 0.1) is 0 Å². The molecular formula is C62H42. The molecule has 0 aliphatic carbocycles. The summed E-state index contributed by atoms with van der Waals surface area (Å²) in [4.78, 5) is 0. The number of fused-ring (bicyclic) bond motifs is 10. The molecule has 0 unspecified atom stereocenters. The van der Waals surface area contributed by atoms with Crippen LogP contribution in [0.15, 0.2) is 206 Å². The molecule has 13 aromatic carbocycles. The van der Waals surface area contributed by atoms with Gasteiger partial charge in [-0.05, 0) is 169 Å². The van der Waals surface area contributed by atoms with Gasteiger partial charge >= 0.3 is 0 Å². The molecule has 0 radical (unpaired) electrons. The lowest BCUT2D eigenvalue weighted by atomic mass is 9.87. The first kappa shape index (κ1) is 35.2. The second kappa shape index (κ2) is 14.0. The summed E-state index contributed by atoms with van der Waals surface area (Å²) in [7, 11) is 0. The summed E-state index contributed by atoms with van der Waals surface area (Å²) in [5.74, 6) is 0. The zero-order valence-electron chi connectivity index (χ0n) is 34.5. The van der Waals surface area contributed by atoms with Gasteiger partial charge in [0.1, 0.15) is 0 Å². The summed E-state index contributed by atoms with van der Waals surface area (Å²) in [5.41, 5.74) is 11.0. The minimum atomic E-state index is 0.871. The van der Waals surface area contributed by atoms with Crippen LogP contribution in [0.3, 0.4) is 0 Å². The lowest BCUT2D eigenvalue weighted by Gasteiger charge is -2.16. The Labute approximate surface area is 361 Å². The second-order valence-electron chi connectivity index (χ2n) is 17.4. The molecule has 0 N–H and O–H groups in total. The lowest BCUT2D eigenvalue weighted by Crippen LogP contribution is -1.97. The van der Waals surface area contributed by atoms with Crippen LogP contribution in [0.5, 0.6) is 0 Å². The van der Waals surface area contributed by atoms with E-state index in [0.717, 1.165) is 25.7 Å². The summed E-state index contributed by atoms with van der Waals surface area (Å²) in [6.45, 7) is 0. The molecular weight excluding hydrogens is 745 g/mol. The van der Waals surface area contributed by atoms with E-state index in [9.17, 15) is 0 Å². The van der Waals surface area contributed by atoms with Gasteiger partial charge in [0, 0.05) is 0 Å². The van der Waals surface area contributed by atoms with Crippen LogP contribution in [0.1, 0.15) is 44.5 Å². The van der Waals surface area contributed by atoms with Crippen LogP contribution in [0.4, 0.5) is 0 Å². The highest BCUT2D eigenvalue weighted by atomic mass is 14.3. The fourth-order valence-corrected chi connectivity index (χ4v) is 11.4. The smallest absolute Gasteiger partial charge is 0.00132 e. The van der Waals surface area contributed by atoms with Gasteiger partial charge in [0.25, 0.3) is 0 Å². The van der Waals surface area contributed by atoms with Gasteiger partial charge in [-0.25, -0.2) is 0 Å². The maximum absolute atomic E-state index is 2.59. The standard InChI is InChI=1S/C62H42/c1-5-17-39(18-6-1)33-43-31-32-44(34-40-19-7-2-8-20-40)58-55-37-51-48-28-16-30-50-60(48)56(38-52(51)47-27-15-29-49(57(43)58)59(47)55)62-54(36-42-23-11-4-12-24-42)46-26-14-13-25-45(46)53(61(50)62)35-41-21-9-3-10-22-41/h1-32,37-38H,33-36H2. The van der Waals surface area contributed by atoms with Crippen LogP contribution in [-0.4, -0.2) is 0 Å². The van der Waals surface area contributed by atoms with E-state index in [4.69, 9.17) is 0 Å². The highest BCUT2D eigenvalue weighted by Gasteiger charge is 2.25. The highest BCUT2D eigenvalue weighted by Crippen LogP contribution is 2.51. The van der Waals surface area contributed by atoms with E-state index in [-0.39, 0.29) is 0 Å². The van der Waals surface area contributed by atoms with E-state index in [1.165, 1.54) is 131 Å². The summed E-state index contributed by atoms with van der Waals surface area (Å²) in [5, 5.41) is 21.9. The zero-order chi connectivity index (χ0) is 40.7. The van der Waals surface area contributed by atoms with Gasteiger partial charge in [0.2, 0.25) is 0 Å². The van der Waals surface area contributed by atoms with Crippen LogP contribution in [0.2, 0.25) is 0 Å². The van der Waals surface area contributed by atoms with Gasteiger partial charge < -0.3 is 0 Å². The predicted octanol–water partition coefficient (Wildman–Crippen LogP) is 16.2. The third-order valence-corrected chi connectivity index (χ3v) is 13.9. The predicted molar refractivity (Wildman–Crippen MR) is 266 cm³/mol. The lowest BCUT2D eigenvalue weighted by molar-refractivity contribution is 1.19. The average Bonchev–Trinajstić information content (AvgIpc) is 3.85. The van der Waals surface area contributed by atoms with E-state index in [1.54, 1.807) is 0 Å². The van der Waals surface area contributed by atoms with Crippen molar-refractivity contribution in [2.45, 2.75) is 25.7 Å². The number of rotatable bonds is 8. The maximum atomic E-state index is 2.59. The Bertz CT molecular complexity index is 3810. The van der Waals surface area contributed by atoms with Gasteiger partial charge in [-0.15, -0.1) is 0 Å². The third-order valence-electron chi connectivity index (χ3n) is 13.9. The molecule has 0 heterocycles. The molecule has 0 heteroatoms. The zero-order valence-corrected chi connectivity index (χ0v) is 34.5. The SMILES string of the molecule is c1ccc(Cc2ccc(Cc3ccccc3)c3c4cc5c(cc6c7c(Cc8ccccc8)c8ccccc8c(Cc8ccccc8)c7c7cccc5c76)c5cccc(c23)c54)cc1. The Morgan fingerprint density at radius 3 is 0.968 bits per heavy atom. The molecule has 0 aliphatic rings. The third kappa shape index (κ3) is 5.40. The minimum absolute atomic E-state index is 0.871. The van der Waals surface area contributed by atoms with E-state index < -0.39 is 0 Å². The molecule has 0 atom stereocenters. The first-order valence-electron chi connectivity index (χ1n) is 22.1. The van der Waals surface area contributed by atoms with Gasteiger partial charge in [0.15, 0.2) is 0 Å². The Hall–Kier alpha value is -7.54. The molecule has 62 heavy (non-hydrogen) atoms. The van der Waals surface area contributed by atoms with Crippen molar-refractivity contribution in [1.29, 1.82) is 0 Å². The van der Waals surface area contributed by atoms with Gasteiger partial charge in [-0.3, -0.25) is 0 Å². The first-order chi connectivity index (χ1) is 30.8. The van der Waals surface area contributed by atoms with Gasteiger partial charge in [-0.2, -0.15) is 0 Å². The van der Waals surface area contributed by atoms with Crippen molar-refractivity contribution in [1.82, 2.24) is 0 Å². The quantitative estimate of drug-likeness (QED) is 0.135. The van der Waals surface area contributed by atoms with E-state index in [2.05, 4.69) is 206 Å². The molecule has 0 saturated carbocycles. The van der Waals surface area contributed by atoms with E-state index >= 15 is 0 Å². The summed E-state index contributed by atoms with van der Waals surface area (Å²) < 4.78 is 0. The van der Waals surface area contributed by atoms with E-state index in [0.29, 0.717) is 0 Å². The molecule has 0 saturated heterocycles. The molecule has 0 nitrogen and oxygen atoms in total. The summed E-state index contributed by atoms with van der Waals surface area (Å²) >= 11 is 0. The summed E-state index contributed by atoms with van der Waals surface area (Å²) in [6.07, 6.45) is 3.54. The van der Waals surface area contributed by atoms with Crippen LogP contribution in [0.25, 0.3) is 86.2 Å². The van der Waals surface area contributed by atoms with Crippen LogP contribution < -0.4 is 0 Å². The number of hydrogen-bond acceptors (Lipinski definition) is 0. The number of benzene rings is 11. The maximum Gasteiger partial charge on any atom is -0.00132 e. The molecule has 13 rings (SSSR count). The monoisotopic (exact) mass is 786 g/mol. The molecule has 0 bridgehead atoms. The average molecular weight is 787 g/mol. The molecule has 0 fully saturated rings. The van der Waals surface area contributed by atoms with E-state index in [1.807, 2.05) is 0 Å². The highest BCUT2D eigenvalue weighted by molar-refractivity contribution is 6.42. The largest absolute Gasteiger partial charge is 0.0622 e. The van der Waals surface area contributed by atoms with Crippen molar-refractivity contribution < 1.29 is 0 Å². The normalized spacial score (nSPS) is 12.1. The van der Waals surface area contributed by atoms with Crippen molar-refractivity contribution in [2.75, 3.05) is 0 Å². The van der Waals surface area contributed by atoms with Crippen molar-refractivity contribution in [2.24, 2.45) is 0 Å². The molecule has 13 aromatic rings. The van der Waals surface area contributed by atoms with Gasteiger partial charge in [-0.1, -0.05) is 194 Å². The van der Waals surface area contributed by atoms with Crippen molar-refractivity contribution in [3.8, 4) is 0 Å². The minimum Gasteiger partial charge on any atom is -0.0622 e.